The molecule has 2 heterocycles. The van der Waals surface area contributed by atoms with Gasteiger partial charge in [0, 0.05) is 13.1 Å². The molecule has 0 spiro atoms. The third kappa shape index (κ3) is 4.95. The Morgan fingerprint density at radius 3 is 2.92 bits per heavy atom. The van der Waals surface area contributed by atoms with E-state index in [-0.39, 0.29) is 35.9 Å². The summed E-state index contributed by atoms with van der Waals surface area (Å²) >= 11 is 0. The Kier molecular flexibility index (Phi) is 7.09. The topological polar surface area (TPSA) is 54.9 Å². The summed E-state index contributed by atoms with van der Waals surface area (Å²) in [6.07, 6.45) is 3.95. The fraction of sp³-hybridized carbons (Fsp3) is 0.588. The monoisotopic (exact) mass is 449 g/mol. The molecule has 4 atom stereocenters. The molecular weight excluding hydrogens is 424 g/mol. The van der Waals surface area contributed by atoms with Gasteiger partial charge in [0.15, 0.2) is 5.96 Å². The SMILES string of the molecule is CN=C(NCC(C)Oc1cccc(F)c1)NC1CC2CCC1O2.I. The maximum absolute atomic E-state index is 13.2. The molecule has 0 saturated carbocycles. The number of fused-ring (bicyclic) bond motifs is 2. The lowest BCUT2D eigenvalue weighted by molar-refractivity contribution is 0.0992. The molecule has 0 aliphatic carbocycles. The number of aliphatic imine (C=N–C) groups is 1. The van der Waals surface area contributed by atoms with Gasteiger partial charge in [-0.1, -0.05) is 6.07 Å². The number of nitrogens with one attached hydrogen (secondary N) is 2. The highest BCUT2D eigenvalue weighted by molar-refractivity contribution is 14.0. The van der Waals surface area contributed by atoms with E-state index in [1.54, 1.807) is 19.2 Å². The second-order valence-electron chi connectivity index (χ2n) is 6.20. The van der Waals surface area contributed by atoms with Crippen molar-refractivity contribution in [1.82, 2.24) is 10.6 Å². The fourth-order valence-electron chi connectivity index (χ4n) is 3.21. The van der Waals surface area contributed by atoms with Crippen LogP contribution in [0.15, 0.2) is 29.3 Å². The molecule has 2 N–H and O–H groups in total. The van der Waals surface area contributed by atoms with Crippen molar-refractivity contribution in [2.24, 2.45) is 4.99 Å². The summed E-state index contributed by atoms with van der Waals surface area (Å²) < 4.78 is 24.7. The van der Waals surface area contributed by atoms with E-state index in [1.807, 2.05) is 6.92 Å². The van der Waals surface area contributed by atoms with E-state index in [2.05, 4.69) is 15.6 Å². The van der Waals surface area contributed by atoms with E-state index in [0.717, 1.165) is 18.8 Å². The smallest absolute Gasteiger partial charge is 0.191 e. The van der Waals surface area contributed by atoms with Crippen molar-refractivity contribution in [1.29, 1.82) is 0 Å². The van der Waals surface area contributed by atoms with Crippen LogP contribution >= 0.6 is 24.0 Å². The molecule has 2 bridgehead atoms. The Bertz CT molecular complexity index is 573. The van der Waals surface area contributed by atoms with Crippen LogP contribution in [0.2, 0.25) is 0 Å². The zero-order valence-electron chi connectivity index (χ0n) is 14.0. The molecule has 7 heteroatoms. The second kappa shape index (κ2) is 8.84. The maximum atomic E-state index is 13.2. The lowest BCUT2D eigenvalue weighted by atomic mass is 9.96. The van der Waals surface area contributed by atoms with Gasteiger partial charge in [-0.15, -0.1) is 24.0 Å². The highest BCUT2D eigenvalue weighted by Crippen LogP contribution is 2.34. The Morgan fingerprint density at radius 1 is 1.46 bits per heavy atom. The first-order valence-electron chi connectivity index (χ1n) is 8.19. The molecular formula is C17H25FIN3O2. The fourth-order valence-corrected chi connectivity index (χ4v) is 3.21. The third-order valence-electron chi connectivity index (χ3n) is 4.34. The van der Waals surface area contributed by atoms with Crippen LogP contribution in [0.25, 0.3) is 0 Å². The zero-order valence-corrected chi connectivity index (χ0v) is 16.3. The van der Waals surface area contributed by atoms with Crippen molar-refractivity contribution in [3.05, 3.63) is 30.1 Å². The van der Waals surface area contributed by atoms with Crippen molar-refractivity contribution in [2.45, 2.75) is 50.5 Å². The molecule has 5 nitrogen and oxygen atoms in total. The van der Waals surface area contributed by atoms with E-state index in [4.69, 9.17) is 9.47 Å². The summed E-state index contributed by atoms with van der Waals surface area (Å²) in [7, 11) is 1.75. The highest BCUT2D eigenvalue weighted by Gasteiger charge is 2.41. The van der Waals surface area contributed by atoms with Gasteiger partial charge in [0.1, 0.15) is 17.7 Å². The van der Waals surface area contributed by atoms with Crippen LogP contribution in [0.5, 0.6) is 5.75 Å². The van der Waals surface area contributed by atoms with E-state index in [9.17, 15) is 4.39 Å². The van der Waals surface area contributed by atoms with Crippen molar-refractivity contribution >= 4 is 29.9 Å². The highest BCUT2D eigenvalue weighted by atomic mass is 127. The zero-order chi connectivity index (χ0) is 16.2. The Labute approximate surface area is 159 Å². The van der Waals surface area contributed by atoms with Crippen LogP contribution in [0.3, 0.4) is 0 Å². The number of hydrogen-bond donors (Lipinski definition) is 2. The van der Waals surface area contributed by atoms with Gasteiger partial charge in [0.2, 0.25) is 0 Å². The molecule has 1 aromatic carbocycles. The number of halogens is 2. The first-order valence-corrected chi connectivity index (χ1v) is 8.19. The third-order valence-corrected chi connectivity index (χ3v) is 4.34. The predicted molar refractivity (Wildman–Crippen MR) is 103 cm³/mol. The predicted octanol–water partition coefficient (Wildman–Crippen LogP) is 2.70. The van der Waals surface area contributed by atoms with E-state index < -0.39 is 0 Å². The minimum Gasteiger partial charge on any atom is -0.489 e. The summed E-state index contributed by atoms with van der Waals surface area (Å²) in [5.41, 5.74) is 0. The number of nitrogens with zero attached hydrogens (tertiary/aromatic N) is 1. The molecule has 2 saturated heterocycles. The molecule has 2 fully saturated rings. The molecule has 2 aliphatic rings. The summed E-state index contributed by atoms with van der Waals surface area (Å²) in [6.45, 7) is 2.52. The number of guanidine groups is 1. The molecule has 3 rings (SSSR count). The number of rotatable bonds is 5. The van der Waals surface area contributed by atoms with Crippen LogP contribution < -0.4 is 15.4 Å². The molecule has 0 amide bonds. The molecule has 0 radical (unpaired) electrons. The minimum atomic E-state index is -0.295. The molecule has 1 aromatic rings. The van der Waals surface area contributed by atoms with Crippen LogP contribution in [-0.2, 0) is 4.74 Å². The molecule has 2 aliphatic heterocycles. The van der Waals surface area contributed by atoms with Gasteiger partial charge in [0.05, 0.1) is 24.8 Å². The summed E-state index contributed by atoms with van der Waals surface area (Å²) in [4.78, 5) is 4.25. The summed E-state index contributed by atoms with van der Waals surface area (Å²) in [6, 6.07) is 6.51. The summed E-state index contributed by atoms with van der Waals surface area (Å²) in [5, 5.41) is 6.68. The van der Waals surface area contributed by atoms with Crippen molar-refractivity contribution in [3.8, 4) is 5.75 Å². The molecule has 134 valence electrons. The average molecular weight is 449 g/mol. The normalized spacial score (nSPS) is 26.6. The van der Waals surface area contributed by atoms with Crippen LogP contribution in [0, 0.1) is 5.82 Å². The van der Waals surface area contributed by atoms with Crippen molar-refractivity contribution in [2.75, 3.05) is 13.6 Å². The number of benzene rings is 1. The van der Waals surface area contributed by atoms with Crippen molar-refractivity contribution < 1.29 is 13.9 Å². The maximum Gasteiger partial charge on any atom is 0.191 e. The number of ether oxygens (including phenoxy) is 2. The van der Waals surface area contributed by atoms with E-state index in [0.29, 0.717) is 30.5 Å². The van der Waals surface area contributed by atoms with E-state index in [1.165, 1.54) is 18.6 Å². The van der Waals surface area contributed by atoms with Gasteiger partial charge < -0.3 is 20.1 Å². The lowest BCUT2D eigenvalue weighted by Crippen LogP contribution is -2.49. The minimum absolute atomic E-state index is 0. The van der Waals surface area contributed by atoms with Gasteiger partial charge in [-0.2, -0.15) is 0 Å². The molecule has 0 aromatic heterocycles. The van der Waals surface area contributed by atoms with Gasteiger partial charge in [-0.3, -0.25) is 4.99 Å². The van der Waals surface area contributed by atoms with Crippen LogP contribution in [-0.4, -0.2) is 43.9 Å². The van der Waals surface area contributed by atoms with Gasteiger partial charge in [0.25, 0.3) is 0 Å². The van der Waals surface area contributed by atoms with Crippen LogP contribution in [0.4, 0.5) is 4.39 Å². The van der Waals surface area contributed by atoms with E-state index >= 15 is 0 Å². The Balaban J connectivity index is 0.00000208. The standard InChI is InChI=1S/C17H24FN3O2.HI/c1-11(22-13-5-3-4-12(18)8-13)10-20-17(19-2)21-15-9-14-6-7-16(15)23-14;/h3-5,8,11,14-16H,6-7,9-10H2,1-2H3,(H2,19,20,21);1H. The first kappa shape index (κ1) is 19.2. The average Bonchev–Trinajstić information content (AvgIpc) is 3.14. The lowest BCUT2D eigenvalue weighted by Gasteiger charge is -2.23. The second-order valence-corrected chi connectivity index (χ2v) is 6.20. The largest absolute Gasteiger partial charge is 0.489 e. The Hall–Kier alpha value is -1.09. The van der Waals surface area contributed by atoms with Gasteiger partial charge in [-0.05, 0) is 38.3 Å². The van der Waals surface area contributed by atoms with Crippen LogP contribution in [0.1, 0.15) is 26.2 Å². The van der Waals surface area contributed by atoms with Gasteiger partial charge >= 0.3 is 0 Å². The molecule has 24 heavy (non-hydrogen) atoms. The quantitative estimate of drug-likeness (QED) is 0.413. The first-order chi connectivity index (χ1) is 11.1. The molecule has 4 unspecified atom stereocenters. The van der Waals surface area contributed by atoms with Crippen molar-refractivity contribution in [3.63, 3.8) is 0 Å². The van der Waals surface area contributed by atoms with Gasteiger partial charge in [-0.25, -0.2) is 4.39 Å². The Morgan fingerprint density at radius 2 is 2.29 bits per heavy atom. The summed E-state index contributed by atoms with van der Waals surface area (Å²) in [5.74, 6) is 0.987. The number of hydrogen-bond acceptors (Lipinski definition) is 3.